The number of hydrogen-bond acceptors (Lipinski definition) is 8. The molecule has 3 aromatic rings. The fourth-order valence-corrected chi connectivity index (χ4v) is 7.60. The van der Waals surface area contributed by atoms with Gasteiger partial charge >= 0.3 is 5.76 Å². The molecule has 2 fully saturated rings. The summed E-state index contributed by atoms with van der Waals surface area (Å²) in [5.74, 6) is 0.329. The summed E-state index contributed by atoms with van der Waals surface area (Å²) in [7, 11) is 7.45. The highest BCUT2D eigenvalue weighted by Gasteiger charge is 2.52. The van der Waals surface area contributed by atoms with Gasteiger partial charge < -0.3 is 20.0 Å². The van der Waals surface area contributed by atoms with Gasteiger partial charge in [-0.1, -0.05) is 36.5 Å². The number of benzene rings is 2. The molecule has 0 spiro atoms. The molecule has 10 nitrogen and oxygen atoms in total. The molecule has 0 bridgehead atoms. The van der Waals surface area contributed by atoms with Crippen LogP contribution in [-0.2, 0) is 18.3 Å². The van der Waals surface area contributed by atoms with Gasteiger partial charge in [0.25, 0.3) is 5.91 Å². The summed E-state index contributed by atoms with van der Waals surface area (Å²) in [6.45, 7) is 11.3. The number of carbonyl (C=O) groups excluding carboxylic acids is 1. The Hall–Kier alpha value is -4.62. The molecule has 2 unspecified atom stereocenters. The molecule has 1 amide bonds. The van der Waals surface area contributed by atoms with Crippen molar-refractivity contribution in [3.05, 3.63) is 105 Å². The SMILES string of the molecule is C=C(c1ccc2c(c1)CCc1cc(C(=O)N(C)C)ccc1C2(C[C@@H](C)NCC(=C)N1C(C#N)C[C@@H]2C[C@@H]21)c1noc(=O)[nH]1)N(C)C. The predicted octanol–water partition coefficient (Wildman–Crippen LogP) is 3.90. The van der Waals surface area contributed by atoms with Crippen LogP contribution in [0.15, 0.2) is 64.6 Å². The Morgan fingerprint density at radius 1 is 1.11 bits per heavy atom. The number of hydrogen-bond donors (Lipinski definition) is 2. The summed E-state index contributed by atoms with van der Waals surface area (Å²) in [6.07, 6.45) is 4.00. The van der Waals surface area contributed by atoms with Crippen molar-refractivity contribution in [2.75, 3.05) is 34.7 Å². The van der Waals surface area contributed by atoms with E-state index in [2.05, 4.69) is 64.7 Å². The lowest BCUT2D eigenvalue weighted by Crippen LogP contribution is -2.42. The topological polar surface area (TPSA) is 121 Å². The molecule has 1 aliphatic heterocycles. The minimum Gasteiger partial charge on any atom is -0.378 e. The van der Waals surface area contributed by atoms with Gasteiger partial charge in [-0.15, -0.1) is 0 Å². The van der Waals surface area contributed by atoms with Crippen molar-refractivity contribution in [1.29, 1.82) is 5.26 Å². The summed E-state index contributed by atoms with van der Waals surface area (Å²) >= 11 is 0. The molecule has 0 radical (unpaired) electrons. The van der Waals surface area contributed by atoms with E-state index in [1.807, 2.05) is 37.2 Å². The molecule has 5 atom stereocenters. The zero-order chi connectivity index (χ0) is 32.9. The average molecular weight is 622 g/mol. The van der Waals surface area contributed by atoms with Crippen LogP contribution in [-0.4, -0.2) is 83.6 Å². The largest absolute Gasteiger partial charge is 0.438 e. The van der Waals surface area contributed by atoms with Crippen molar-refractivity contribution in [2.45, 2.75) is 62.6 Å². The van der Waals surface area contributed by atoms with E-state index in [1.165, 1.54) is 0 Å². The van der Waals surface area contributed by atoms with Crippen molar-refractivity contribution in [1.82, 2.24) is 30.2 Å². The number of H-pyrrole nitrogens is 1. The number of nitriles is 1. The number of rotatable bonds is 10. The van der Waals surface area contributed by atoms with E-state index in [1.54, 1.807) is 19.0 Å². The Bertz CT molecular complexity index is 1720. The molecule has 46 heavy (non-hydrogen) atoms. The lowest BCUT2D eigenvalue weighted by Gasteiger charge is -2.37. The van der Waals surface area contributed by atoms with Crippen LogP contribution in [0.4, 0.5) is 0 Å². The summed E-state index contributed by atoms with van der Waals surface area (Å²) in [6, 6.07) is 14.9. The minimum absolute atomic E-state index is 0.0707. The van der Waals surface area contributed by atoms with Crippen molar-refractivity contribution in [2.24, 2.45) is 5.92 Å². The number of piperidine rings is 1. The molecular weight excluding hydrogens is 578 g/mol. The number of fused-ring (bicyclic) bond motifs is 3. The fraction of sp³-hybridized carbons (Fsp3) is 0.444. The molecule has 2 aromatic carbocycles. The molecule has 1 aromatic heterocycles. The predicted molar refractivity (Wildman–Crippen MR) is 177 cm³/mol. The maximum Gasteiger partial charge on any atom is 0.438 e. The molecule has 10 heteroatoms. The van der Waals surface area contributed by atoms with Crippen molar-refractivity contribution in [3.63, 3.8) is 0 Å². The van der Waals surface area contributed by atoms with Crippen molar-refractivity contribution >= 4 is 11.6 Å². The van der Waals surface area contributed by atoms with Gasteiger partial charge in [0.2, 0.25) is 0 Å². The Morgan fingerprint density at radius 2 is 1.76 bits per heavy atom. The van der Waals surface area contributed by atoms with Crippen molar-refractivity contribution in [3.8, 4) is 6.07 Å². The number of nitrogens with one attached hydrogen (secondary N) is 2. The zero-order valence-electron chi connectivity index (χ0n) is 27.4. The van der Waals surface area contributed by atoms with Crippen LogP contribution >= 0.6 is 0 Å². The highest BCUT2D eigenvalue weighted by molar-refractivity contribution is 5.94. The summed E-state index contributed by atoms with van der Waals surface area (Å²) in [4.78, 5) is 34.3. The third-order valence-corrected chi connectivity index (χ3v) is 10.0. The molecular formula is C36H43N7O3. The molecule has 2 aliphatic carbocycles. The number of amides is 1. The van der Waals surface area contributed by atoms with Crippen LogP contribution in [0.25, 0.3) is 5.70 Å². The van der Waals surface area contributed by atoms with Crippen LogP contribution < -0.4 is 11.1 Å². The monoisotopic (exact) mass is 621 g/mol. The van der Waals surface area contributed by atoms with Crippen LogP contribution in [0.5, 0.6) is 0 Å². The van der Waals surface area contributed by atoms with E-state index in [9.17, 15) is 14.9 Å². The molecule has 1 saturated carbocycles. The number of nitrogens with zero attached hydrogens (tertiary/aromatic N) is 5. The third-order valence-electron chi connectivity index (χ3n) is 10.0. The maximum absolute atomic E-state index is 13.1. The Labute approximate surface area is 270 Å². The van der Waals surface area contributed by atoms with Gasteiger partial charge in [0.1, 0.15) is 6.04 Å². The first-order valence-corrected chi connectivity index (χ1v) is 15.9. The molecule has 2 N–H and O–H groups in total. The first-order valence-electron chi connectivity index (χ1n) is 15.9. The van der Waals surface area contributed by atoms with E-state index in [-0.39, 0.29) is 18.0 Å². The van der Waals surface area contributed by atoms with Gasteiger partial charge in [-0.2, -0.15) is 5.26 Å². The van der Waals surface area contributed by atoms with Crippen LogP contribution in [0, 0.1) is 17.2 Å². The zero-order valence-corrected chi connectivity index (χ0v) is 27.4. The fourth-order valence-electron chi connectivity index (χ4n) is 7.60. The number of aromatic nitrogens is 2. The van der Waals surface area contributed by atoms with Gasteiger partial charge in [-0.05, 0) is 91.0 Å². The van der Waals surface area contributed by atoms with Gasteiger partial charge in [-0.25, -0.2) is 4.79 Å². The first kappa shape index (κ1) is 31.4. The van der Waals surface area contributed by atoms with Gasteiger partial charge in [0, 0.05) is 63.8 Å². The van der Waals surface area contributed by atoms with E-state index >= 15 is 0 Å². The molecule has 6 rings (SSSR count). The smallest absolute Gasteiger partial charge is 0.378 e. The highest BCUT2D eigenvalue weighted by Crippen LogP contribution is 2.50. The molecule has 1 saturated heterocycles. The van der Waals surface area contributed by atoms with Crippen molar-refractivity contribution < 1.29 is 9.32 Å². The van der Waals surface area contributed by atoms with Crippen LogP contribution in [0.1, 0.15) is 70.2 Å². The highest BCUT2D eigenvalue weighted by atomic mass is 16.5. The Morgan fingerprint density at radius 3 is 2.35 bits per heavy atom. The van der Waals surface area contributed by atoms with Crippen LogP contribution in [0.2, 0.25) is 0 Å². The second-order valence-electron chi connectivity index (χ2n) is 13.5. The molecule has 3 aliphatic rings. The lowest BCUT2D eigenvalue weighted by molar-refractivity contribution is 0.0827. The quantitative estimate of drug-likeness (QED) is 0.350. The number of aromatic amines is 1. The van der Waals surface area contributed by atoms with Gasteiger partial charge in [0.05, 0.1) is 11.5 Å². The van der Waals surface area contributed by atoms with E-state index < -0.39 is 11.2 Å². The number of aryl methyl sites for hydroxylation is 2. The first-order chi connectivity index (χ1) is 21.9. The number of likely N-dealkylation sites (tertiary alicyclic amines) is 1. The summed E-state index contributed by atoms with van der Waals surface area (Å²) in [5.41, 5.74) is 6.68. The van der Waals surface area contributed by atoms with E-state index in [0.29, 0.717) is 42.7 Å². The third kappa shape index (κ3) is 5.43. The maximum atomic E-state index is 13.1. The average Bonchev–Trinajstić information content (AvgIpc) is 3.53. The lowest BCUT2D eigenvalue weighted by atomic mass is 9.67. The van der Waals surface area contributed by atoms with E-state index in [0.717, 1.165) is 58.5 Å². The standard InChI is InChI=1S/C36H43N7O3/c1-21(38-20-22(2)43-29(19-37)16-28-17-32(28)43)18-36(34-39-35(45)46-40-34)30-12-10-24(23(3)41(4)5)14-25(30)8-9-26-15-27(11-13-31(26)36)33(44)42(6)7/h10-15,21,28-29,32,38H,2-3,8-9,16-18,20H2,1,4-7H3,(H,39,40,45)/t21-,28-,29?,32+,36?/m1/s1. The summed E-state index contributed by atoms with van der Waals surface area (Å²) < 4.78 is 5.17. The Kier molecular flexibility index (Phi) is 8.15. The summed E-state index contributed by atoms with van der Waals surface area (Å²) in [5, 5.41) is 17.7. The normalized spacial score (nSPS) is 23.3. The van der Waals surface area contributed by atoms with Crippen LogP contribution in [0.3, 0.4) is 0 Å². The minimum atomic E-state index is -0.900. The second-order valence-corrected chi connectivity index (χ2v) is 13.5. The number of carbonyl (C=O) groups is 1. The van der Waals surface area contributed by atoms with Gasteiger partial charge in [-0.3, -0.25) is 14.3 Å². The second kappa shape index (κ2) is 12.0. The van der Waals surface area contributed by atoms with E-state index in [4.69, 9.17) is 4.52 Å². The Balaban J connectivity index is 1.44. The van der Waals surface area contributed by atoms with Gasteiger partial charge in [0.15, 0.2) is 5.82 Å². The molecule has 240 valence electrons. The molecule has 2 heterocycles.